The van der Waals surface area contributed by atoms with Crippen LogP contribution >= 0.6 is 11.6 Å². The molecule has 0 amide bonds. The normalized spacial score (nSPS) is 14.2. The number of rotatable bonds is 1. The summed E-state index contributed by atoms with van der Waals surface area (Å²) in [6, 6.07) is 1.54. The molecule has 13 heavy (non-hydrogen) atoms. The van der Waals surface area contributed by atoms with Crippen molar-refractivity contribution in [2.75, 3.05) is 0 Å². The Bertz CT molecular complexity index is 372. The van der Waals surface area contributed by atoms with Crippen LogP contribution in [0.15, 0.2) is 6.07 Å². The van der Waals surface area contributed by atoms with Crippen molar-refractivity contribution in [1.29, 1.82) is 0 Å². The van der Waals surface area contributed by atoms with Crippen molar-refractivity contribution in [3.63, 3.8) is 0 Å². The molecule has 0 spiro atoms. The van der Waals surface area contributed by atoms with Crippen molar-refractivity contribution in [3.8, 4) is 5.75 Å². The third-order valence-corrected chi connectivity index (χ3v) is 2.78. The highest BCUT2D eigenvalue weighted by molar-refractivity contribution is 6.32. The summed E-state index contributed by atoms with van der Waals surface area (Å²) >= 11 is 5.77. The number of halogens is 1. The maximum absolute atomic E-state index is 10.7. The molecule has 1 N–H and O–H groups in total. The summed E-state index contributed by atoms with van der Waals surface area (Å²) in [6.07, 6.45) is 3.48. The molecule has 2 nitrogen and oxygen atoms in total. The molecule has 0 heterocycles. The summed E-state index contributed by atoms with van der Waals surface area (Å²) in [7, 11) is 0. The minimum absolute atomic E-state index is 0.153. The van der Waals surface area contributed by atoms with Crippen LogP contribution in [0.1, 0.15) is 27.9 Å². The first-order valence-electron chi connectivity index (χ1n) is 4.22. The third kappa shape index (κ3) is 1.22. The molecule has 2 rings (SSSR count). The second-order valence-corrected chi connectivity index (χ2v) is 3.63. The van der Waals surface area contributed by atoms with E-state index >= 15 is 0 Å². The maximum Gasteiger partial charge on any atom is 0.150 e. The second-order valence-electron chi connectivity index (χ2n) is 3.22. The monoisotopic (exact) mass is 196 g/mol. The van der Waals surface area contributed by atoms with E-state index in [0.717, 1.165) is 36.7 Å². The minimum Gasteiger partial charge on any atom is -0.506 e. The van der Waals surface area contributed by atoms with E-state index in [1.54, 1.807) is 0 Å². The zero-order chi connectivity index (χ0) is 9.42. The number of benzene rings is 1. The van der Waals surface area contributed by atoms with Gasteiger partial charge >= 0.3 is 0 Å². The molecule has 0 aliphatic heterocycles. The van der Waals surface area contributed by atoms with Gasteiger partial charge < -0.3 is 5.11 Å². The average molecular weight is 197 g/mol. The fraction of sp³-hybridized carbons (Fsp3) is 0.300. The molecular formula is C10H9ClO2. The van der Waals surface area contributed by atoms with E-state index in [9.17, 15) is 9.90 Å². The molecule has 0 aromatic heterocycles. The zero-order valence-corrected chi connectivity index (χ0v) is 7.77. The van der Waals surface area contributed by atoms with Crippen molar-refractivity contribution in [3.05, 3.63) is 27.8 Å². The summed E-state index contributed by atoms with van der Waals surface area (Å²) in [5.74, 6) is 0.153. The van der Waals surface area contributed by atoms with Gasteiger partial charge in [-0.05, 0) is 36.5 Å². The van der Waals surface area contributed by atoms with E-state index < -0.39 is 0 Å². The Balaban J connectivity index is 2.70. The Morgan fingerprint density at radius 3 is 2.77 bits per heavy atom. The van der Waals surface area contributed by atoms with Crippen LogP contribution in [-0.4, -0.2) is 11.4 Å². The Labute approximate surface area is 81.1 Å². The number of fused-ring (bicyclic) bond motifs is 1. The fourth-order valence-electron chi connectivity index (χ4n) is 1.86. The van der Waals surface area contributed by atoms with Crippen LogP contribution in [0.5, 0.6) is 5.75 Å². The highest BCUT2D eigenvalue weighted by Crippen LogP contribution is 2.37. The third-order valence-electron chi connectivity index (χ3n) is 2.49. The Morgan fingerprint density at radius 2 is 2.08 bits per heavy atom. The van der Waals surface area contributed by atoms with Crippen LogP contribution in [-0.2, 0) is 12.8 Å². The lowest BCUT2D eigenvalue weighted by molar-refractivity contribution is 0.112. The van der Waals surface area contributed by atoms with Crippen molar-refractivity contribution in [2.24, 2.45) is 0 Å². The van der Waals surface area contributed by atoms with E-state index in [4.69, 9.17) is 11.6 Å². The van der Waals surface area contributed by atoms with Gasteiger partial charge in [-0.1, -0.05) is 11.6 Å². The van der Waals surface area contributed by atoms with Gasteiger partial charge in [-0.15, -0.1) is 0 Å². The molecule has 0 saturated carbocycles. The topological polar surface area (TPSA) is 37.3 Å². The summed E-state index contributed by atoms with van der Waals surface area (Å²) in [4.78, 5) is 10.7. The van der Waals surface area contributed by atoms with Gasteiger partial charge in [-0.2, -0.15) is 0 Å². The first-order valence-corrected chi connectivity index (χ1v) is 4.60. The van der Waals surface area contributed by atoms with Gasteiger partial charge in [-0.3, -0.25) is 4.79 Å². The van der Waals surface area contributed by atoms with Crippen LogP contribution < -0.4 is 0 Å². The molecule has 0 radical (unpaired) electrons. The number of carbonyl (C=O) groups is 1. The van der Waals surface area contributed by atoms with Crippen LogP contribution in [0.4, 0.5) is 0 Å². The predicted molar refractivity (Wildman–Crippen MR) is 50.5 cm³/mol. The first-order chi connectivity index (χ1) is 6.24. The summed E-state index contributed by atoms with van der Waals surface area (Å²) in [5, 5.41) is 9.87. The van der Waals surface area contributed by atoms with Crippen LogP contribution in [0.2, 0.25) is 5.02 Å². The Morgan fingerprint density at radius 1 is 1.38 bits per heavy atom. The number of phenolic OH excluding ortho intramolecular Hbond substituents is 1. The zero-order valence-electron chi connectivity index (χ0n) is 7.01. The van der Waals surface area contributed by atoms with E-state index in [1.807, 2.05) is 0 Å². The molecule has 0 fully saturated rings. The van der Waals surface area contributed by atoms with Gasteiger partial charge in [0.1, 0.15) is 12.0 Å². The largest absolute Gasteiger partial charge is 0.506 e. The van der Waals surface area contributed by atoms with Gasteiger partial charge in [-0.25, -0.2) is 0 Å². The summed E-state index contributed by atoms with van der Waals surface area (Å²) in [5.41, 5.74) is 2.45. The number of carbonyl (C=O) groups excluding carboxylic acids is 1. The second kappa shape index (κ2) is 3.04. The SMILES string of the molecule is O=Cc1cc(Cl)c(O)c2c1CCC2. The lowest BCUT2D eigenvalue weighted by Crippen LogP contribution is -1.92. The quantitative estimate of drug-likeness (QED) is 0.701. The predicted octanol–water partition coefficient (Wildman–Crippen LogP) is 2.35. The molecule has 1 aliphatic rings. The molecule has 0 bridgehead atoms. The molecule has 3 heteroatoms. The number of hydrogen-bond donors (Lipinski definition) is 1. The highest BCUT2D eigenvalue weighted by atomic mass is 35.5. The lowest BCUT2D eigenvalue weighted by Gasteiger charge is -2.06. The average Bonchev–Trinajstić information content (AvgIpc) is 2.60. The van der Waals surface area contributed by atoms with Gasteiger partial charge in [0, 0.05) is 5.56 Å². The molecule has 0 unspecified atom stereocenters. The molecule has 1 aliphatic carbocycles. The molecular weight excluding hydrogens is 188 g/mol. The molecule has 1 aromatic carbocycles. The van der Waals surface area contributed by atoms with Crippen LogP contribution in [0.25, 0.3) is 0 Å². The summed E-state index contributed by atoms with van der Waals surface area (Å²) < 4.78 is 0. The maximum atomic E-state index is 10.7. The van der Waals surface area contributed by atoms with E-state index in [2.05, 4.69) is 0 Å². The number of phenols is 1. The van der Waals surface area contributed by atoms with Crippen molar-refractivity contribution >= 4 is 17.9 Å². The number of aromatic hydroxyl groups is 1. The lowest BCUT2D eigenvalue weighted by atomic mass is 10.0. The van der Waals surface area contributed by atoms with E-state index in [0.29, 0.717) is 5.56 Å². The first kappa shape index (κ1) is 8.57. The van der Waals surface area contributed by atoms with Crippen molar-refractivity contribution in [1.82, 2.24) is 0 Å². The van der Waals surface area contributed by atoms with Gasteiger partial charge in [0.2, 0.25) is 0 Å². The van der Waals surface area contributed by atoms with E-state index in [-0.39, 0.29) is 10.8 Å². The summed E-state index contributed by atoms with van der Waals surface area (Å²) in [6.45, 7) is 0. The van der Waals surface area contributed by atoms with Crippen LogP contribution in [0, 0.1) is 0 Å². The Kier molecular flexibility index (Phi) is 2.00. The van der Waals surface area contributed by atoms with Gasteiger partial charge in [0.05, 0.1) is 5.02 Å². The smallest absolute Gasteiger partial charge is 0.150 e. The van der Waals surface area contributed by atoms with Crippen molar-refractivity contribution < 1.29 is 9.90 Å². The standard InChI is InChI=1S/C10H9ClO2/c11-9-4-6(5-12)7-2-1-3-8(7)10(9)13/h4-5,13H,1-3H2. The van der Waals surface area contributed by atoms with E-state index in [1.165, 1.54) is 6.07 Å². The Hall–Kier alpha value is -1.02. The van der Waals surface area contributed by atoms with Gasteiger partial charge in [0.15, 0.2) is 0 Å². The molecule has 1 aromatic rings. The van der Waals surface area contributed by atoms with Crippen LogP contribution in [0.3, 0.4) is 0 Å². The number of hydrogen-bond acceptors (Lipinski definition) is 2. The fourth-order valence-corrected chi connectivity index (χ4v) is 2.10. The van der Waals surface area contributed by atoms with Crippen molar-refractivity contribution in [2.45, 2.75) is 19.3 Å². The molecule has 68 valence electrons. The number of aldehydes is 1. The molecule has 0 atom stereocenters. The van der Waals surface area contributed by atoms with Gasteiger partial charge in [0.25, 0.3) is 0 Å². The highest BCUT2D eigenvalue weighted by Gasteiger charge is 2.20. The minimum atomic E-state index is 0.153. The molecule has 0 saturated heterocycles.